The zero-order valence-electron chi connectivity index (χ0n) is 12.8. The summed E-state index contributed by atoms with van der Waals surface area (Å²) in [7, 11) is 0. The second kappa shape index (κ2) is 6.47. The number of hydrogen-bond donors (Lipinski definition) is 1. The van der Waals surface area contributed by atoms with Crippen LogP contribution in [-0.4, -0.2) is 31.4 Å². The van der Waals surface area contributed by atoms with Gasteiger partial charge in [0.2, 0.25) is 0 Å². The van der Waals surface area contributed by atoms with Gasteiger partial charge in [-0.1, -0.05) is 32.0 Å². The maximum absolute atomic E-state index is 10.8. The molecule has 0 radical (unpaired) electrons. The zero-order chi connectivity index (χ0) is 15.6. The Labute approximate surface area is 128 Å². The monoisotopic (exact) mass is 307 g/mol. The fourth-order valence-electron chi connectivity index (χ4n) is 2.25. The van der Waals surface area contributed by atoms with E-state index in [9.17, 15) is 4.79 Å². The summed E-state index contributed by atoms with van der Waals surface area (Å²) in [5.41, 5.74) is 2.72. The molecule has 114 valence electrons. The number of hydrogen-bond acceptors (Lipinski definition) is 4. The largest absolute Gasteiger partial charge is 0.481 e. The molecule has 2 aromatic heterocycles. The van der Waals surface area contributed by atoms with Gasteiger partial charge in [0.15, 0.2) is 10.8 Å². The molecular formula is C15H21N3O2S. The molecule has 6 heteroatoms. The van der Waals surface area contributed by atoms with Crippen molar-refractivity contribution < 1.29 is 9.90 Å². The predicted octanol–water partition coefficient (Wildman–Crippen LogP) is 3.52. The van der Waals surface area contributed by atoms with Crippen molar-refractivity contribution in [1.82, 2.24) is 14.5 Å². The van der Waals surface area contributed by atoms with E-state index in [0.717, 1.165) is 28.3 Å². The van der Waals surface area contributed by atoms with Gasteiger partial charge in [0.1, 0.15) is 5.52 Å². The molecule has 0 aliphatic heterocycles. The molecule has 0 bridgehead atoms. The van der Waals surface area contributed by atoms with Crippen molar-refractivity contribution in [3.05, 3.63) is 17.8 Å². The van der Waals surface area contributed by atoms with Crippen LogP contribution in [0.3, 0.4) is 0 Å². The lowest BCUT2D eigenvalue weighted by atomic mass is 10.0. The number of carboxylic acids is 1. The van der Waals surface area contributed by atoms with Crippen molar-refractivity contribution >= 4 is 28.9 Å². The Balaban J connectivity index is 2.51. The van der Waals surface area contributed by atoms with Crippen LogP contribution in [0, 0.1) is 12.8 Å². The van der Waals surface area contributed by atoms with Crippen LogP contribution >= 0.6 is 11.8 Å². The summed E-state index contributed by atoms with van der Waals surface area (Å²) in [6, 6.07) is 2.22. The van der Waals surface area contributed by atoms with Gasteiger partial charge in [-0.05, 0) is 31.4 Å². The van der Waals surface area contributed by atoms with Gasteiger partial charge >= 0.3 is 5.97 Å². The van der Waals surface area contributed by atoms with Crippen molar-refractivity contribution in [2.24, 2.45) is 5.92 Å². The summed E-state index contributed by atoms with van der Waals surface area (Å²) in [5, 5.41) is 9.64. The van der Waals surface area contributed by atoms with Crippen molar-refractivity contribution in [3.8, 4) is 0 Å². The molecule has 1 N–H and O–H groups in total. The third-order valence-corrected chi connectivity index (χ3v) is 4.77. The standard InChI is InChI=1S/C15H21N3O2S/c1-5-10(3)11(4)18-14-12(6-9(2)7-16-14)17-15(18)21-8-13(19)20/h6-7,10-11H,5,8H2,1-4H3,(H,19,20). The molecule has 0 aliphatic carbocycles. The molecule has 0 amide bonds. The van der Waals surface area contributed by atoms with Crippen LogP contribution in [0.2, 0.25) is 0 Å². The van der Waals surface area contributed by atoms with Crippen LogP contribution in [0.5, 0.6) is 0 Å². The minimum absolute atomic E-state index is 0.00945. The first-order chi connectivity index (χ1) is 9.93. The maximum Gasteiger partial charge on any atom is 0.313 e. The van der Waals surface area contributed by atoms with Gasteiger partial charge in [-0.2, -0.15) is 0 Å². The average Bonchev–Trinajstić information content (AvgIpc) is 2.80. The van der Waals surface area contributed by atoms with E-state index in [-0.39, 0.29) is 11.8 Å². The number of aryl methyl sites for hydroxylation is 1. The Bertz CT molecular complexity index is 654. The molecule has 0 fully saturated rings. The Morgan fingerprint density at radius 3 is 2.81 bits per heavy atom. The number of thioether (sulfide) groups is 1. The number of aromatic nitrogens is 3. The first kappa shape index (κ1) is 15.8. The fraction of sp³-hybridized carbons (Fsp3) is 0.533. The molecule has 2 aromatic rings. The Kier molecular flexibility index (Phi) is 4.88. The highest BCUT2D eigenvalue weighted by molar-refractivity contribution is 7.99. The van der Waals surface area contributed by atoms with Gasteiger partial charge in [0.25, 0.3) is 0 Å². The maximum atomic E-state index is 10.8. The van der Waals surface area contributed by atoms with E-state index in [1.54, 1.807) is 0 Å². The number of aliphatic carboxylic acids is 1. The average molecular weight is 307 g/mol. The number of carboxylic acid groups (broad SMARTS) is 1. The number of imidazole rings is 1. The molecule has 0 saturated heterocycles. The van der Waals surface area contributed by atoms with Gasteiger partial charge in [-0.15, -0.1) is 0 Å². The highest BCUT2D eigenvalue weighted by Gasteiger charge is 2.21. The number of rotatable bonds is 6. The van der Waals surface area contributed by atoms with Crippen molar-refractivity contribution in [2.75, 3.05) is 5.75 Å². The zero-order valence-corrected chi connectivity index (χ0v) is 13.6. The number of pyridine rings is 1. The minimum Gasteiger partial charge on any atom is -0.481 e. The first-order valence-electron chi connectivity index (χ1n) is 7.13. The van der Waals surface area contributed by atoms with Gasteiger partial charge in [0, 0.05) is 12.2 Å². The highest BCUT2D eigenvalue weighted by Crippen LogP contribution is 2.31. The van der Waals surface area contributed by atoms with Crippen LogP contribution in [-0.2, 0) is 4.79 Å². The topological polar surface area (TPSA) is 68.0 Å². The number of fused-ring (bicyclic) bond motifs is 1. The molecule has 21 heavy (non-hydrogen) atoms. The van der Waals surface area contributed by atoms with Crippen molar-refractivity contribution in [1.29, 1.82) is 0 Å². The van der Waals surface area contributed by atoms with Gasteiger partial charge in [-0.3, -0.25) is 4.79 Å². The van der Waals surface area contributed by atoms with Gasteiger partial charge in [-0.25, -0.2) is 9.97 Å². The Morgan fingerprint density at radius 1 is 1.48 bits per heavy atom. The van der Waals surface area contributed by atoms with Crippen LogP contribution in [0.25, 0.3) is 11.2 Å². The summed E-state index contributed by atoms with van der Waals surface area (Å²) >= 11 is 1.26. The molecule has 2 unspecified atom stereocenters. The SMILES string of the molecule is CCC(C)C(C)n1c(SCC(=O)O)nc2cc(C)cnc21. The fourth-order valence-corrected chi connectivity index (χ4v) is 3.06. The summed E-state index contributed by atoms with van der Waals surface area (Å²) in [6.45, 7) is 8.47. The summed E-state index contributed by atoms with van der Waals surface area (Å²) in [4.78, 5) is 19.9. The molecule has 0 aliphatic rings. The van der Waals surface area contributed by atoms with E-state index in [4.69, 9.17) is 5.11 Å². The normalized spacial score (nSPS) is 14.3. The second-order valence-corrected chi connectivity index (χ2v) is 6.37. The van der Waals surface area contributed by atoms with E-state index >= 15 is 0 Å². The Hall–Kier alpha value is -1.56. The third kappa shape index (κ3) is 3.37. The molecule has 2 heterocycles. The lowest BCUT2D eigenvalue weighted by molar-refractivity contribution is -0.133. The van der Waals surface area contributed by atoms with Crippen molar-refractivity contribution in [3.63, 3.8) is 0 Å². The van der Waals surface area contributed by atoms with E-state index < -0.39 is 5.97 Å². The molecule has 0 saturated carbocycles. The highest BCUT2D eigenvalue weighted by atomic mass is 32.2. The molecule has 0 aromatic carbocycles. The molecule has 5 nitrogen and oxygen atoms in total. The summed E-state index contributed by atoms with van der Waals surface area (Å²) < 4.78 is 2.08. The van der Waals surface area contributed by atoms with Crippen LogP contribution < -0.4 is 0 Å². The smallest absolute Gasteiger partial charge is 0.313 e. The Morgan fingerprint density at radius 2 is 2.19 bits per heavy atom. The van der Waals surface area contributed by atoms with Crippen LogP contribution in [0.1, 0.15) is 38.8 Å². The lowest BCUT2D eigenvalue weighted by Crippen LogP contribution is -2.15. The van der Waals surface area contributed by atoms with E-state index in [1.807, 2.05) is 19.2 Å². The number of carbonyl (C=O) groups is 1. The van der Waals surface area contributed by atoms with Gasteiger partial charge < -0.3 is 9.67 Å². The molecular weight excluding hydrogens is 286 g/mol. The summed E-state index contributed by atoms with van der Waals surface area (Å²) in [6.07, 6.45) is 2.88. The quantitative estimate of drug-likeness (QED) is 0.827. The number of nitrogens with zero attached hydrogens (tertiary/aromatic N) is 3. The molecule has 2 atom stereocenters. The van der Waals surface area contributed by atoms with E-state index in [1.165, 1.54) is 11.8 Å². The summed E-state index contributed by atoms with van der Waals surface area (Å²) in [5.74, 6) is -0.358. The van der Waals surface area contributed by atoms with E-state index in [2.05, 4.69) is 35.3 Å². The van der Waals surface area contributed by atoms with Crippen LogP contribution in [0.4, 0.5) is 0 Å². The third-order valence-electron chi connectivity index (χ3n) is 3.83. The van der Waals surface area contributed by atoms with Crippen molar-refractivity contribution in [2.45, 2.75) is 45.3 Å². The predicted molar refractivity (Wildman–Crippen MR) is 84.8 cm³/mol. The molecule has 0 spiro atoms. The minimum atomic E-state index is -0.834. The first-order valence-corrected chi connectivity index (χ1v) is 8.11. The van der Waals surface area contributed by atoms with E-state index in [0.29, 0.717) is 5.92 Å². The second-order valence-electron chi connectivity index (χ2n) is 5.43. The molecule has 2 rings (SSSR count). The van der Waals surface area contributed by atoms with Crippen LogP contribution in [0.15, 0.2) is 17.4 Å². The lowest BCUT2D eigenvalue weighted by Gasteiger charge is -2.22. The van der Waals surface area contributed by atoms with Gasteiger partial charge in [0.05, 0.1) is 5.75 Å².